The van der Waals surface area contributed by atoms with E-state index in [1.165, 1.54) is 6.92 Å². The maximum absolute atomic E-state index is 12.0. The van der Waals surface area contributed by atoms with Gasteiger partial charge in [0.05, 0.1) is 6.54 Å². The van der Waals surface area contributed by atoms with E-state index in [9.17, 15) is 9.59 Å². The standard InChI is InChI=1S/C19H23N3O3/c1-13-6-4-7-14(2)18(13)22-19(24)20-10-11-25-17-9-5-8-16(12-17)21-15(3)23/h4-9,12H,10-11H2,1-3H3,(H,21,23)(H2,20,22,24). The summed E-state index contributed by atoms with van der Waals surface area (Å²) >= 11 is 0. The lowest BCUT2D eigenvalue weighted by Gasteiger charge is -2.13. The van der Waals surface area contributed by atoms with Crippen LogP contribution in [0, 0.1) is 13.8 Å². The Kier molecular flexibility index (Phi) is 6.39. The van der Waals surface area contributed by atoms with Crippen molar-refractivity contribution in [2.24, 2.45) is 0 Å². The van der Waals surface area contributed by atoms with Crippen LogP contribution >= 0.6 is 0 Å². The Hall–Kier alpha value is -3.02. The highest BCUT2D eigenvalue weighted by Crippen LogP contribution is 2.19. The fraction of sp³-hybridized carbons (Fsp3) is 0.263. The zero-order valence-corrected chi connectivity index (χ0v) is 14.7. The molecule has 3 amide bonds. The molecular weight excluding hydrogens is 318 g/mol. The largest absolute Gasteiger partial charge is 0.492 e. The number of anilines is 2. The molecule has 3 N–H and O–H groups in total. The number of ether oxygens (including phenoxy) is 1. The van der Waals surface area contributed by atoms with Crippen LogP contribution in [-0.2, 0) is 4.79 Å². The van der Waals surface area contributed by atoms with E-state index in [0.717, 1.165) is 16.8 Å². The first-order chi connectivity index (χ1) is 12.0. The lowest BCUT2D eigenvalue weighted by Crippen LogP contribution is -2.32. The Bertz CT molecular complexity index is 739. The van der Waals surface area contributed by atoms with Gasteiger partial charge in [-0.05, 0) is 37.1 Å². The molecule has 0 aliphatic heterocycles. The van der Waals surface area contributed by atoms with Crippen LogP contribution in [0.1, 0.15) is 18.1 Å². The highest BCUT2D eigenvalue weighted by molar-refractivity contribution is 5.91. The predicted molar refractivity (Wildman–Crippen MR) is 99.2 cm³/mol. The number of hydrogen-bond donors (Lipinski definition) is 3. The van der Waals surface area contributed by atoms with Gasteiger partial charge in [-0.3, -0.25) is 4.79 Å². The van der Waals surface area contributed by atoms with Gasteiger partial charge in [0.1, 0.15) is 12.4 Å². The van der Waals surface area contributed by atoms with Crippen molar-refractivity contribution in [1.29, 1.82) is 0 Å². The van der Waals surface area contributed by atoms with E-state index in [-0.39, 0.29) is 11.9 Å². The van der Waals surface area contributed by atoms with Gasteiger partial charge in [0.15, 0.2) is 0 Å². The van der Waals surface area contributed by atoms with Gasteiger partial charge < -0.3 is 20.7 Å². The molecule has 0 saturated carbocycles. The average Bonchev–Trinajstić information content (AvgIpc) is 2.55. The number of amides is 3. The molecule has 0 aliphatic carbocycles. The fourth-order valence-electron chi connectivity index (χ4n) is 2.37. The molecule has 0 heterocycles. The van der Waals surface area contributed by atoms with Gasteiger partial charge in [-0.25, -0.2) is 4.79 Å². The molecule has 0 saturated heterocycles. The maximum atomic E-state index is 12.0. The number of nitrogens with one attached hydrogen (secondary N) is 3. The van der Waals surface area contributed by atoms with E-state index in [1.54, 1.807) is 24.3 Å². The van der Waals surface area contributed by atoms with Crippen LogP contribution in [-0.4, -0.2) is 25.1 Å². The first-order valence-corrected chi connectivity index (χ1v) is 8.07. The first kappa shape index (κ1) is 18.3. The molecule has 0 fully saturated rings. The summed E-state index contributed by atoms with van der Waals surface area (Å²) in [4.78, 5) is 23.0. The van der Waals surface area contributed by atoms with Gasteiger partial charge >= 0.3 is 6.03 Å². The Balaban J connectivity index is 1.77. The molecule has 25 heavy (non-hydrogen) atoms. The number of rotatable bonds is 6. The van der Waals surface area contributed by atoms with Crippen molar-refractivity contribution < 1.29 is 14.3 Å². The van der Waals surface area contributed by atoms with Crippen LogP contribution in [0.2, 0.25) is 0 Å². The van der Waals surface area contributed by atoms with Gasteiger partial charge in [0.25, 0.3) is 0 Å². The number of para-hydroxylation sites is 1. The molecule has 0 aromatic heterocycles. The van der Waals surface area contributed by atoms with Gasteiger partial charge in [-0.1, -0.05) is 24.3 Å². The summed E-state index contributed by atoms with van der Waals surface area (Å²) in [5.74, 6) is 0.491. The maximum Gasteiger partial charge on any atom is 0.319 e. The van der Waals surface area contributed by atoms with Crippen LogP contribution in [0.3, 0.4) is 0 Å². The Labute approximate surface area is 147 Å². The Morgan fingerprint density at radius 2 is 1.68 bits per heavy atom. The molecule has 132 valence electrons. The molecule has 2 aromatic carbocycles. The van der Waals surface area contributed by atoms with Gasteiger partial charge in [-0.15, -0.1) is 0 Å². The molecule has 0 unspecified atom stereocenters. The van der Waals surface area contributed by atoms with Crippen molar-refractivity contribution in [3.63, 3.8) is 0 Å². The summed E-state index contributed by atoms with van der Waals surface area (Å²) < 4.78 is 5.58. The van der Waals surface area contributed by atoms with E-state index in [4.69, 9.17) is 4.74 Å². The van der Waals surface area contributed by atoms with Crippen molar-refractivity contribution in [2.45, 2.75) is 20.8 Å². The third kappa shape index (κ3) is 5.84. The summed E-state index contributed by atoms with van der Waals surface area (Å²) in [6.45, 7) is 6.04. The lowest BCUT2D eigenvalue weighted by molar-refractivity contribution is -0.114. The van der Waals surface area contributed by atoms with E-state index >= 15 is 0 Å². The topological polar surface area (TPSA) is 79.5 Å². The average molecular weight is 341 g/mol. The van der Waals surface area contributed by atoms with E-state index in [1.807, 2.05) is 32.0 Å². The summed E-state index contributed by atoms with van der Waals surface area (Å²) in [6.07, 6.45) is 0. The number of aryl methyl sites for hydroxylation is 2. The summed E-state index contributed by atoms with van der Waals surface area (Å²) in [5, 5.41) is 8.31. The third-order valence-electron chi connectivity index (χ3n) is 3.53. The van der Waals surface area contributed by atoms with Crippen molar-refractivity contribution >= 4 is 23.3 Å². The smallest absolute Gasteiger partial charge is 0.319 e. The highest BCUT2D eigenvalue weighted by Gasteiger charge is 2.06. The molecule has 0 radical (unpaired) electrons. The number of urea groups is 1. The highest BCUT2D eigenvalue weighted by atomic mass is 16.5. The zero-order valence-electron chi connectivity index (χ0n) is 14.7. The van der Waals surface area contributed by atoms with Crippen molar-refractivity contribution in [1.82, 2.24) is 5.32 Å². The van der Waals surface area contributed by atoms with Crippen molar-refractivity contribution in [2.75, 3.05) is 23.8 Å². The summed E-state index contributed by atoms with van der Waals surface area (Å²) in [6, 6.07) is 12.7. The molecule has 2 rings (SSSR count). The molecule has 6 nitrogen and oxygen atoms in total. The van der Waals surface area contributed by atoms with E-state index < -0.39 is 0 Å². The summed E-state index contributed by atoms with van der Waals surface area (Å²) in [5.41, 5.74) is 3.53. The number of carbonyl (C=O) groups excluding carboxylic acids is 2. The monoisotopic (exact) mass is 341 g/mol. The van der Waals surface area contributed by atoms with Gasteiger partial charge in [0.2, 0.25) is 5.91 Å². The van der Waals surface area contributed by atoms with Crippen LogP contribution in [0.4, 0.5) is 16.2 Å². The number of benzene rings is 2. The molecule has 0 aliphatic rings. The quantitative estimate of drug-likeness (QED) is 0.704. The SMILES string of the molecule is CC(=O)Nc1cccc(OCCNC(=O)Nc2c(C)cccc2C)c1. The third-order valence-corrected chi connectivity index (χ3v) is 3.53. The van der Waals surface area contributed by atoms with Gasteiger partial charge in [-0.2, -0.15) is 0 Å². The van der Waals surface area contributed by atoms with E-state index in [2.05, 4.69) is 16.0 Å². The molecule has 0 atom stereocenters. The minimum absolute atomic E-state index is 0.137. The van der Waals surface area contributed by atoms with Crippen molar-refractivity contribution in [3.05, 3.63) is 53.6 Å². The second-order valence-electron chi connectivity index (χ2n) is 5.71. The zero-order chi connectivity index (χ0) is 18.2. The second kappa shape index (κ2) is 8.73. The first-order valence-electron chi connectivity index (χ1n) is 8.07. The van der Waals surface area contributed by atoms with Crippen LogP contribution in [0.15, 0.2) is 42.5 Å². The molecule has 6 heteroatoms. The Morgan fingerprint density at radius 1 is 1.00 bits per heavy atom. The normalized spacial score (nSPS) is 10.0. The second-order valence-corrected chi connectivity index (χ2v) is 5.71. The molecule has 2 aromatic rings. The van der Waals surface area contributed by atoms with Crippen molar-refractivity contribution in [3.8, 4) is 5.75 Å². The van der Waals surface area contributed by atoms with Gasteiger partial charge in [0, 0.05) is 24.4 Å². The minimum Gasteiger partial charge on any atom is -0.492 e. The van der Waals surface area contributed by atoms with E-state index in [0.29, 0.717) is 24.6 Å². The molecule has 0 bridgehead atoms. The number of carbonyl (C=O) groups is 2. The van der Waals surface area contributed by atoms with Crippen LogP contribution in [0.25, 0.3) is 0 Å². The number of hydrogen-bond acceptors (Lipinski definition) is 3. The molecular formula is C19H23N3O3. The predicted octanol–water partition coefficient (Wildman–Crippen LogP) is 3.46. The van der Waals surface area contributed by atoms with Crippen LogP contribution < -0.4 is 20.7 Å². The lowest BCUT2D eigenvalue weighted by atomic mass is 10.1. The minimum atomic E-state index is -0.270. The van der Waals surface area contributed by atoms with Crippen LogP contribution in [0.5, 0.6) is 5.75 Å². The summed E-state index contributed by atoms with van der Waals surface area (Å²) in [7, 11) is 0. The fourth-order valence-corrected chi connectivity index (χ4v) is 2.37. The Morgan fingerprint density at radius 3 is 2.36 bits per heavy atom. The molecule has 0 spiro atoms.